The number of unbranched alkanes of at least 4 members (excludes halogenated alkanes) is 3. The zero-order chi connectivity index (χ0) is 24.6. The Balaban J connectivity index is 0.00000108. The van der Waals surface area contributed by atoms with Gasteiger partial charge in [0, 0.05) is 0 Å². The summed E-state index contributed by atoms with van der Waals surface area (Å²) in [5.74, 6) is 0. The van der Waals surface area contributed by atoms with Crippen LogP contribution in [0.1, 0.15) is 25.7 Å². The van der Waals surface area contributed by atoms with Crippen LogP contribution in [0.5, 0.6) is 0 Å². The topological polar surface area (TPSA) is 0 Å². The van der Waals surface area contributed by atoms with Gasteiger partial charge in [-0.15, -0.1) is 0 Å². The molecule has 0 radical (unpaired) electrons. The zero-order valence-electron chi connectivity index (χ0n) is 19.8. The summed E-state index contributed by atoms with van der Waals surface area (Å²) in [6.45, 7) is 0. The SMILES string of the molecule is [Cl][Co][Cl].c1ccc(P(CCCCCCP(c2ccccc2)c2ccccc2)c2ccccc2)cc1. The van der Waals surface area contributed by atoms with Crippen LogP contribution in [0, 0.1) is 0 Å². The maximum atomic E-state index is 4.73. The van der Waals surface area contributed by atoms with E-state index in [1.165, 1.54) is 59.2 Å². The first-order valence-corrected chi connectivity index (χ1v) is 17.8. The standard InChI is InChI=1S/C30H32P2.2ClH.Co/c1(15-25-31(27-17-7-3-8-18-27)28-19-9-4-10-20-28)2-16-26-32(29-21-11-5-12-22-29)30-23-13-6-14-24-30;;;/h3-14,17-24H,1-2,15-16,25-26H2;2*1H;/q;;;+2/p-2. The van der Waals surface area contributed by atoms with Crippen LogP contribution in [-0.2, 0) is 12.9 Å². The maximum absolute atomic E-state index is 4.73. The average Bonchev–Trinajstić information content (AvgIpc) is 2.93. The summed E-state index contributed by atoms with van der Waals surface area (Å²) in [4.78, 5) is 0. The van der Waals surface area contributed by atoms with E-state index >= 15 is 0 Å². The average molecular weight is 584 g/mol. The van der Waals surface area contributed by atoms with Gasteiger partial charge in [-0.1, -0.05) is 134 Å². The van der Waals surface area contributed by atoms with E-state index in [2.05, 4.69) is 121 Å². The fourth-order valence-corrected chi connectivity index (χ4v) is 8.98. The summed E-state index contributed by atoms with van der Waals surface area (Å²) in [6, 6.07) is 44.5. The Kier molecular flexibility index (Phi) is 14.0. The van der Waals surface area contributed by atoms with Gasteiger partial charge < -0.3 is 0 Å². The fourth-order valence-electron chi connectivity index (χ4n) is 4.14. The molecule has 0 saturated heterocycles. The van der Waals surface area contributed by atoms with Crippen molar-refractivity contribution in [2.45, 2.75) is 25.7 Å². The van der Waals surface area contributed by atoms with Gasteiger partial charge in [-0.2, -0.15) is 0 Å². The van der Waals surface area contributed by atoms with E-state index in [0.717, 1.165) is 0 Å². The molecule has 0 aliphatic carbocycles. The third kappa shape index (κ3) is 10.0. The summed E-state index contributed by atoms with van der Waals surface area (Å²) in [6.07, 6.45) is 7.84. The van der Waals surface area contributed by atoms with Crippen molar-refractivity contribution in [1.29, 1.82) is 0 Å². The Labute approximate surface area is 228 Å². The third-order valence-corrected chi connectivity index (χ3v) is 11.0. The number of hydrogen-bond acceptors (Lipinski definition) is 0. The maximum Gasteiger partial charge on any atom is -0.0195 e. The molecule has 0 aliphatic heterocycles. The first kappa shape index (κ1) is 28.4. The normalized spacial score (nSPS) is 10.9. The summed E-state index contributed by atoms with van der Waals surface area (Å²) in [7, 11) is 8.96. The monoisotopic (exact) mass is 583 g/mol. The summed E-state index contributed by atoms with van der Waals surface area (Å²) < 4.78 is 0. The second-order valence-corrected chi connectivity index (χ2v) is 14.5. The molecule has 35 heavy (non-hydrogen) atoms. The van der Waals surface area contributed by atoms with Crippen molar-refractivity contribution in [2.24, 2.45) is 0 Å². The van der Waals surface area contributed by atoms with Gasteiger partial charge >= 0.3 is 33.2 Å². The summed E-state index contributed by atoms with van der Waals surface area (Å²) in [5.41, 5.74) is 0. The van der Waals surface area contributed by atoms with E-state index in [1.807, 2.05) is 0 Å². The van der Waals surface area contributed by atoms with E-state index in [9.17, 15) is 0 Å². The van der Waals surface area contributed by atoms with E-state index < -0.39 is 0 Å². The van der Waals surface area contributed by atoms with E-state index in [0.29, 0.717) is 12.9 Å². The van der Waals surface area contributed by atoms with Crippen molar-refractivity contribution in [2.75, 3.05) is 12.3 Å². The van der Waals surface area contributed by atoms with Crippen molar-refractivity contribution in [3.63, 3.8) is 0 Å². The van der Waals surface area contributed by atoms with Gasteiger partial charge in [-0.25, -0.2) is 0 Å². The largest absolute Gasteiger partial charge is 0.0622 e. The zero-order valence-corrected chi connectivity index (χ0v) is 24.1. The van der Waals surface area contributed by atoms with Gasteiger partial charge in [0.05, 0.1) is 0 Å². The summed E-state index contributed by atoms with van der Waals surface area (Å²) >= 11 is 0.382. The number of hydrogen-bond donors (Lipinski definition) is 0. The molecule has 5 heteroatoms. The Hall–Kier alpha value is -1.17. The van der Waals surface area contributed by atoms with E-state index in [1.54, 1.807) is 0 Å². The Morgan fingerprint density at radius 2 is 0.629 bits per heavy atom. The van der Waals surface area contributed by atoms with Crippen LogP contribution in [0.2, 0.25) is 0 Å². The first-order chi connectivity index (χ1) is 17.3. The van der Waals surface area contributed by atoms with Gasteiger partial charge in [0.15, 0.2) is 0 Å². The minimum absolute atomic E-state index is 0.252. The van der Waals surface area contributed by atoms with Gasteiger partial charge in [-0.05, 0) is 62.2 Å². The molecule has 0 aliphatic rings. The van der Waals surface area contributed by atoms with Crippen molar-refractivity contribution in [1.82, 2.24) is 0 Å². The third-order valence-electron chi connectivity index (χ3n) is 5.78. The molecule has 0 atom stereocenters. The molecular formula is C30H32Cl2CoP2. The molecule has 4 rings (SSSR count). The molecule has 4 aromatic rings. The number of benzene rings is 4. The van der Waals surface area contributed by atoms with Crippen LogP contribution < -0.4 is 21.2 Å². The first-order valence-electron chi connectivity index (χ1n) is 11.9. The molecule has 0 unspecified atom stereocenters. The number of halogens is 2. The van der Waals surface area contributed by atoms with Crippen LogP contribution in [0.4, 0.5) is 0 Å². The number of rotatable bonds is 11. The molecule has 0 saturated carbocycles. The Morgan fingerprint density at radius 1 is 0.400 bits per heavy atom. The molecule has 0 heterocycles. The molecule has 0 fully saturated rings. The molecule has 0 spiro atoms. The van der Waals surface area contributed by atoms with Gasteiger partial charge in [0.2, 0.25) is 0 Å². The molecule has 0 amide bonds. The summed E-state index contributed by atoms with van der Waals surface area (Å²) in [5, 5.41) is 6.02. The van der Waals surface area contributed by atoms with Crippen LogP contribution in [0.25, 0.3) is 0 Å². The van der Waals surface area contributed by atoms with Gasteiger partial charge in [0.1, 0.15) is 0 Å². The predicted octanol–water partition coefficient (Wildman–Crippen LogP) is 8.19. The van der Waals surface area contributed by atoms with E-state index in [4.69, 9.17) is 20.3 Å². The molecular weight excluding hydrogens is 552 g/mol. The molecule has 0 N–H and O–H groups in total. The predicted molar refractivity (Wildman–Crippen MR) is 158 cm³/mol. The van der Waals surface area contributed by atoms with Crippen molar-refractivity contribution < 1.29 is 12.9 Å². The van der Waals surface area contributed by atoms with Crippen LogP contribution in [0.15, 0.2) is 121 Å². The van der Waals surface area contributed by atoms with Crippen molar-refractivity contribution in [3.8, 4) is 0 Å². The Morgan fingerprint density at radius 3 is 0.857 bits per heavy atom. The second-order valence-electron chi connectivity index (χ2n) is 8.11. The van der Waals surface area contributed by atoms with Crippen molar-refractivity contribution >= 4 is 57.4 Å². The van der Waals surface area contributed by atoms with Crippen molar-refractivity contribution in [3.05, 3.63) is 121 Å². The van der Waals surface area contributed by atoms with Gasteiger partial charge in [-0.3, -0.25) is 0 Å². The van der Waals surface area contributed by atoms with Crippen LogP contribution in [-0.4, -0.2) is 12.3 Å². The van der Waals surface area contributed by atoms with E-state index in [-0.39, 0.29) is 15.8 Å². The molecule has 0 bridgehead atoms. The minimum Gasteiger partial charge on any atom is -0.0622 e. The smallest absolute Gasteiger partial charge is 0.0195 e. The Bertz CT molecular complexity index is 885. The molecule has 0 aromatic heterocycles. The van der Waals surface area contributed by atoms with Crippen LogP contribution in [0.3, 0.4) is 0 Å². The molecule has 4 aromatic carbocycles. The quantitative estimate of drug-likeness (QED) is 0.123. The molecule has 0 nitrogen and oxygen atoms in total. The second kappa shape index (κ2) is 17.3. The fraction of sp³-hybridized carbons (Fsp3) is 0.200. The molecule has 185 valence electrons. The minimum atomic E-state index is -0.252. The van der Waals surface area contributed by atoms with Crippen LogP contribution >= 0.6 is 36.1 Å². The van der Waals surface area contributed by atoms with Gasteiger partial charge in [0.25, 0.3) is 0 Å².